The van der Waals surface area contributed by atoms with Crippen LogP contribution in [-0.2, 0) is 40.5 Å². The molecule has 0 atom stereocenters. The highest BCUT2D eigenvalue weighted by Gasteiger charge is 2.34. The second-order valence-electron chi connectivity index (χ2n) is 8.18. The van der Waals surface area contributed by atoms with E-state index < -0.39 is 21.9 Å². The van der Waals surface area contributed by atoms with Crippen LogP contribution in [0, 0.1) is 6.92 Å². The van der Waals surface area contributed by atoms with Crippen LogP contribution in [0.15, 0.2) is 30.3 Å². The summed E-state index contributed by atoms with van der Waals surface area (Å²) in [5.74, 6) is -0.00937. The summed E-state index contributed by atoms with van der Waals surface area (Å²) < 4.78 is 64.3. The number of carbonyl (C=O) groups excluding carboxylic acids is 1. The molecule has 11 heteroatoms. The van der Waals surface area contributed by atoms with Crippen molar-refractivity contribution < 1.29 is 26.4 Å². The molecule has 180 valence electrons. The zero-order valence-corrected chi connectivity index (χ0v) is 19.3. The maximum Gasteiger partial charge on any atom is 0.433 e. The van der Waals surface area contributed by atoms with Crippen molar-refractivity contribution in [2.45, 2.75) is 45.5 Å². The maximum atomic E-state index is 13.1. The minimum absolute atomic E-state index is 0.0746. The second-order valence-corrected chi connectivity index (χ2v) is 10.0. The van der Waals surface area contributed by atoms with E-state index in [2.05, 4.69) is 15.0 Å². The van der Waals surface area contributed by atoms with Crippen molar-refractivity contribution in [2.75, 3.05) is 24.2 Å². The number of amides is 1. The molecule has 1 aromatic heterocycles. The van der Waals surface area contributed by atoms with Crippen LogP contribution < -0.4 is 14.9 Å². The van der Waals surface area contributed by atoms with E-state index in [-0.39, 0.29) is 31.2 Å². The number of nitrogens with zero attached hydrogens (tertiary/aromatic N) is 2. The first-order valence-corrected chi connectivity index (χ1v) is 12.4. The SMILES string of the molecule is Cc1cc(CC(=O)NCc2ccc(C(F)(F)F)nc2N2CCCC2)ccc1CNS(C)(=O)=O. The third-order valence-electron chi connectivity index (χ3n) is 5.42. The van der Waals surface area contributed by atoms with E-state index in [1.807, 2.05) is 17.9 Å². The number of rotatable bonds is 8. The fourth-order valence-corrected chi connectivity index (χ4v) is 4.11. The van der Waals surface area contributed by atoms with Gasteiger partial charge in [0, 0.05) is 31.7 Å². The fourth-order valence-electron chi connectivity index (χ4n) is 3.69. The Morgan fingerprint density at radius 2 is 1.76 bits per heavy atom. The third kappa shape index (κ3) is 7.16. The Bertz CT molecular complexity index is 1110. The van der Waals surface area contributed by atoms with Crippen molar-refractivity contribution in [2.24, 2.45) is 0 Å². The largest absolute Gasteiger partial charge is 0.433 e. The number of aromatic nitrogens is 1. The smallest absolute Gasteiger partial charge is 0.356 e. The average molecular weight is 485 g/mol. The molecule has 0 bridgehead atoms. The maximum absolute atomic E-state index is 13.1. The van der Waals surface area contributed by atoms with Crippen molar-refractivity contribution in [3.05, 3.63) is 58.3 Å². The van der Waals surface area contributed by atoms with Crippen LogP contribution >= 0.6 is 0 Å². The first-order chi connectivity index (χ1) is 15.4. The number of aryl methyl sites for hydroxylation is 1. The van der Waals surface area contributed by atoms with E-state index >= 15 is 0 Å². The molecule has 0 spiro atoms. The van der Waals surface area contributed by atoms with Crippen LogP contribution in [0.4, 0.5) is 19.0 Å². The number of carbonyl (C=O) groups is 1. The lowest BCUT2D eigenvalue weighted by atomic mass is 10.0. The van der Waals surface area contributed by atoms with Crippen LogP contribution in [0.3, 0.4) is 0 Å². The molecular formula is C22H27F3N4O3S. The first kappa shape index (κ1) is 25.0. The van der Waals surface area contributed by atoms with Gasteiger partial charge in [0.1, 0.15) is 11.5 Å². The summed E-state index contributed by atoms with van der Waals surface area (Å²) in [5.41, 5.74) is 1.99. The van der Waals surface area contributed by atoms with E-state index in [4.69, 9.17) is 0 Å². The Balaban J connectivity index is 1.65. The van der Waals surface area contributed by atoms with Gasteiger partial charge in [0.2, 0.25) is 15.9 Å². The van der Waals surface area contributed by atoms with Crippen molar-refractivity contribution in [1.82, 2.24) is 15.0 Å². The molecule has 0 unspecified atom stereocenters. The van der Waals surface area contributed by atoms with Gasteiger partial charge in [0.15, 0.2) is 0 Å². The molecule has 7 nitrogen and oxygen atoms in total. The van der Waals surface area contributed by atoms with E-state index in [9.17, 15) is 26.4 Å². The van der Waals surface area contributed by atoms with Gasteiger partial charge in [0.25, 0.3) is 0 Å². The average Bonchev–Trinajstić information content (AvgIpc) is 3.25. The number of hydrogen-bond donors (Lipinski definition) is 2. The van der Waals surface area contributed by atoms with E-state index in [0.717, 1.165) is 41.9 Å². The summed E-state index contributed by atoms with van der Waals surface area (Å²) >= 11 is 0. The number of sulfonamides is 1. The molecule has 2 aromatic rings. The molecule has 1 fully saturated rings. The van der Waals surface area contributed by atoms with Gasteiger partial charge < -0.3 is 10.2 Å². The van der Waals surface area contributed by atoms with Crippen LogP contribution in [0.5, 0.6) is 0 Å². The number of anilines is 1. The lowest BCUT2D eigenvalue weighted by molar-refractivity contribution is -0.141. The predicted molar refractivity (Wildman–Crippen MR) is 119 cm³/mol. The number of hydrogen-bond acceptors (Lipinski definition) is 5. The number of halogens is 3. The Hall–Kier alpha value is -2.66. The van der Waals surface area contributed by atoms with Gasteiger partial charge in [-0.15, -0.1) is 0 Å². The topological polar surface area (TPSA) is 91.4 Å². The summed E-state index contributed by atoms with van der Waals surface area (Å²) in [5, 5.41) is 2.77. The zero-order valence-electron chi connectivity index (χ0n) is 18.5. The highest BCUT2D eigenvalue weighted by molar-refractivity contribution is 7.88. The number of alkyl halides is 3. The zero-order chi connectivity index (χ0) is 24.2. The summed E-state index contributed by atoms with van der Waals surface area (Å²) in [6.07, 6.45) is -1.58. The lowest BCUT2D eigenvalue weighted by Gasteiger charge is -2.21. The van der Waals surface area contributed by atoms with Crippen molar-refractivity contribution in [3.8, 4) is 0 Å². The molecule has 2 heterocycles. The Morgan fingerprint density at radius 3 is 2.36 bits per heavy atom. The van der Waals surface area contributed by atoms with E-state index in [1.54, 1.807) is 12.1 Å². The van der Waals surface area contributed by atoms with Crippen molar-refractivity contribution in [1.29, 1.82) is 0 Å². The Morgan fingerprint density at radius 1 is 1.09 bits per heavy atom. The van der Waals surface area contributed by atoms with Crippen LogP contribution in [0.25, 0.3) is 0 Å². The van der Waals surface area contributed by atoms with Crippen molar-refractivity contribution in [3.63, 3.8) is 0 Å². The minimum atomic E-state index is -4.53. The molecule has 33 heavy (non-hydrogen) atoms. The quantitative estimate of drug-likeness (QED) is 0.601. The molecule has 1 aliphatic heterocycles. The number of benzene rings is 1. The highest BCUT2D eigenvalue weighted by Crippen LogP contribution is 2.31. The third-order valence-corrected chi connectivity index (χ3v) is 6.09. The summed E-state index contributed by atoms with van der Waals surface area (Å²) in [6, 6.07) is 7.64. The standard InChI is InChI=1S/C22H27F3N4O3S/c1-15-11-16(5-6-17(15)14-27-33(2,31)32)12-20(30)26-13-18-7-8-19(22(23,24)25)28-21(18)29-9-3-4-10-29/h5-8,11,27H,3-4,9-10,12-14H2,1-2H3,(H,26,30). The van der Waals surface area contributed by atoms with E-state index in [1.165, 1.54) is 6.07 Å². The van der Waals surface area contributed by atoms with E-state index in [0.29, 0.717) is 18.7 Å². The molecule has 1 aliphatic rings. The Kier molecular flexibility index (Phi) is 7.63. The molecule has 0 aliphatic carbocycles. The van der Waals surface area contributed by atoms with Gasteiger partial charge in [-0.1, -0.05) is 24.3 Å². The highest BCUT2D eigenvalue weighted by atomic mass is 32.2. The van der Waals surface area contributed by atoms with Gasteiger partial charge in [-0.2, -0.15) is 13.2 Å². The molecule has 0 radical (unpaired) electrons. The summed E-state index contributed by atoms with van der Waals surface area (Å²) in [4.78, 5) is 18.1. The number of nitrogens with one attached hydrogen (secondary N) is 2. The van der Waals surface area contributed by atoms with Gasteiger partial charge in [-0.05, 0) is 42.5 Å². The molecule has 1 saturated heterocycles. The van der Waals surface area contributed by atoms with Gasteiger partial charge in [0.05, 0.1) is 12.7 Å². The predicted octanol–water partition coefficient (Wildman–Crippen LogP) is 2.92. The lowest BCUT2D eigenvalue weighted by Crippen LogP contribution is -2.28. The van der Waals surface area contributed by atoms with Gasteiger partial charge in [-0.25, -0.2) is 18.1 Å². The minimum Gasteiger partial charge on any atom is -0.356 e. The van der Waals surface area contributed by atoms with Gasteiger partial charge in [-0.3, -0.25) is 4.79 Å². The van der Waals surface area contributed by atoms with Gasteiger partial charge >= 0.3 is 6.18 Å². The molecular weight excluding hydrogens is 457 g/mol. The normalized spacial score (nSPS) is 14.5. The first-order valence-electron chi connectivity index (χ1n) is 10.5. The monoisotopic (exact) mass is 484 g/mol. The molecule has 1 aromatic carbocycles. The number of pyridine rings is 1. The van der Waals surface area contributed by atoms with Crippen LogP contribution in [0.1, 0.15) is 40.8 Å². The van der Waals surface area contributed by atoms with Crippen LogP contribution in [0.2, 0.25) is 0 Å². The van der Waals surface area contributed by atoms with Crippen molar-refractivity contribution >= 4 is 21.7 Å². The molecule has 3 rings (SSSR count). The van der Waals surface area contributed by atoms with Crippen LogP contribution in [-0.4, -0.2) is 38.7 Å². The molecule has 0 saturated carbocycles. The summed E-state index contributed by atoms with van der Waals surface area (Å²) in [6.45, 7) is 3.34. The second kappa shape index (κ2) is 10.1. The fraction of sp³-hybridized carbons (Fsp3) is 0.455. The summed E-state index contributed by atoms with van der Waals surface area (Å²) in [7, 11) is -3.31. The molecule has 2 N–H and O–H groups in total. The Labute approximate surface area is 191 Å². The molecule has 1 amide bonds.